The van der Waals surface area contributed by atoms with E-state index in [0.717, 1.165) is 16.6 Å². The van der Waals surface area contributed by atoms with Crippen LogP contribution in [-0.2, 0) is 0 Å². The highest BCUT2D eigenvalue weighted by Gasteiger charge is 2.06. The summed E-state index contributed by atoms with van der Waals surface area (Å²) in [6.07, 6.45) is 0. The van der Waals surface area contributed by atoms with Gasteiger partial charge in [0.05, 0.1) is 0 Å². The Balaban J connectivity index is 2.55. The molecule has 1 N–H and O–H groups in total. The molecule has 70 valence electrons. The summed E-state index contributed by atoms with van der Waals surface area (Å²) in [6.45, 7) is 1.97. The van der Waals surface area contributed by atoms with Gasteiger partial charge in [0.15, 0.2) is 11.2 Å². The molecule has 0 bridgehead atoms. The Bertz CT molecular complexity index is 617. The molecular weight excluding hydrogens is 182 g/mol. The molecule has 2 aromatic heterocycles. The zero-order valence-electron chi connectivity index (χ0n) is 7.46. The Hall–Kier alpha value is -1.97. The van der Waals surface area contributed by atoms with E-state index >= 15 is 0 Å². The molecule has 0 radical (unpaired) electrons. The van der Waals surface area contributed by atoms with E-state index in [4.69, 9.17) is 8.83 Å². The second-order valence-electron chi connectivity index (χ2n) is 3.29. The number of benzene rings is 1. The summed E-state index contributed by atoms with van der Waals surface area (Å²) in [7, 11) is 0. The molecule has 0 atom stereocenters. The third kappa shape index (κ3) is 0.907. The molecule has 0 spiro atoms. The molecule has 2 heterocycles. The topological polar surface area (TPSA) is 59.1 Å². The highest BCUT2D eigenvalue weighted by molar-refractivity contribution is 5.91. The summed E-state index contributed by atoms with van der Waals surface area (Å²) in [6, 6.07) is 5.55. The molecule has 0 unspecified atom stereocenters. The van der Waals surface area contributed by atoms with Gasteiger partial charge in [0.25, 0.3) is 0 Å². The van der Waals surface area contributed by atoms with Crippen molar-refractivity contribution in [2.75, 3.05) is 0 Å². The normalized spacial score (nSPS) is 11.5. The lowest BCUT2D eigenvalue weighted by Crippen LogP contribution is -1.84. The quantitative estimate of drug-likeness (QED) is 0.589. The summed E-state index contributed by atoms with van der Waals surface area (Å²) in [5, 5.41) is 1.01. The van der Waals surface area contributed by atoms with Gasteiger partial charge in [-0.2, -0.15) is 0 Å². The fraction of sp³-hybridized carbons (Fsp3) is 0.100. The number of aromatic nitrogens is 1. The Labute approximate surface area is 78.1 Å². The second kappa shape index (κ2) is 2.29. The molecule has 1 aromatic carbocycles. The van der Waals surface area contributed by atoms with Crippen LogP contribution in [0, 0.1) is 6.92 Å². The predicted molar refractivity (Wildman–Crippen MR) is 51.3 cm³/mol. The molecule has 0 aliphatic heterocycles. The van der Waals surface area contributed by atoms with Crippen LogP contribution in [0.1, 0.15) is 5.69 Å². The van der Waals surface area contributed by atoms with Crippen molar-refractivity contribution in [3.63, 3.8) is 0 Å². The van der Waals surface area contributed by atoms with Gasteiger partial charge in [0.2, 0.25) is 0 Å². The first-order chi connectivity index (χ1) is 6.72. The van der Waals surface area contributed by atoms with E-state index in [1.54, 1.807) is 12.1 Å². The Morgan fingerprint density at radius 3 is 2.64 bits per heavy atom. The minimum absolute atomic E-state index is 0.476. The number of H-pyrrole nitrogens is 1. The third-order valence-electron chi connectivity index (χ3n) is 2.21. The molecule has 0 aliphatic carbocycles. The monoisotopic (exact) mass is 189 g/mol. The van der Waals surface area contributed by atoms with Crippen molar-refractivity contribution in [3.05, 3.63) is 34.5 Å². The van der Waals surface area contributed by atoms with Crippen molar-refractivity contribution < 1.29 is 8.83 Å². The molecule has 4 heteroatoms. The van der Waals surface area contributed by atoms with E-state index in [1.807, 2.05) is 13.0 Å². The van der Waals surface area contributed by atoms with E-state index in [2.05, 4.69) is 4.98 Å². The van der Waals surface area contributed by atoms with Crippen LogP contribution in [0.25, 0.3) is 22.1 Å². The maximum Gasteiger partial charge on any atom is 0.519 e. The molecule has 0 fully saturated rings. The van der Waals surface area contributed by atoms with Crippen molar-refractivity contribution in [1.82, 2.24) is 4.98 Å². The highest BCUT2D eigenvalue weighted by Crippen LogP contribution is 2.22. The van der Waals surface area contributed by atoms with E-state index in [0.29, 0.717) is 11.2 Å². The fourth-order valence-electron chi connectivity index (χ4n) is 1.65. The molecule has 0 saturated heterocycles. The number of hydrogen-bond acceptors (Lipinski definition) is 3. The highest BCUT2D eigenvalue weighted by atomic mass is 16.6. The molecule has 4 nitrogen and oxygen atoms in total. The first-order valence-corrected chi connectivity index (χ1v) is 4.25. The van der Waals surface area contributed by atoms with Gasteiger partial charge in [0.1, 0.15) is 0 Å². The van der Waals surface area contributed by atoms with Gasteiger partial charge < -0.3 is 13.8 Å². The van der Waals surface area contributed by atoms with Crippen LogP contribution in [0.2, 0.25) is 0 Å². The van der Waals surface area contributed by atoms with Gasteiger partial charge in [-0.3, -0.25) is 0 Å². The molecule has 0 saturated carbocycles. The third-order valence-corrected chi connectivity index (χ3v) is 2.21. The van der Waals surface area contributed by atoms with Gasteiger partial charge in [-0.1, -0.05) is 0 Å². The van der Waals surface area contributed by atoms with Crippen molar-refractivity contribution >= 4 is 22.1 Å². The molecule has 0 aliphatic rings. The smallest absolute Gasteiger partial charge is 0.391 e. The number of hydrogen-bond donors (Lipinski definition) is 1. The zero-order chi connectivity index (χ0) is 9.71. The van der Waals surface area contributed by atoms with Crippen LogP contribution in [0.15, 0.2) is 31.8 Å². The fourth-order valence-corrected chi connectivity index (χ4v) is 1.65. The molecule has 0 amide bonds. The van der Waals surface area contributed by atoms with Gasteiger partial charge in [-0.05, 0) is 19.1 Å². The first kappa shape index (κ1) is 7.44. The van der Waals surface area contributed by atoms with E-state index in [9.17, 15) is 4.79 Å². The van der Waals surface area contributed by atoms with Crippen LogP contribution in [0.5, 0.6) is 0 Å². The van der Waals surface area contributed by atoms with E-state index < -0.39 is 5.82 Å². The number of fused-ring (bicyclic) bond motifs is 2. The first-order valence-electron chi connectivity index (χ1n) is 4.25. The molecule has 3 rings (SSSR count). The minimum atomic E-state index is -0.663. The SMILES string of the molecule is Cc1cc2cc3oc(=O)oc3cc2[nH]1. The number of aryl methyl sites for hydroxylation is 1. The van der Waals surface area contributed by atoms with Crippen molar-refractivity contribution in [2.24, 2.45) is 0 Å². The Kier molecular flexibility index (Phi) is 1.21. The minimum Gasteiger partial charge on any atom is -0.391 e. The van der Waals surface area contributed by atoms with Crippen molar-refractivity contribution in [1.29, 1.82) is 0 Å². The lowest BCUT2D eigenvalue weighted by Gasteiger charge is -1.86. The molecule has 3 aromatic rings. The Morgan fingerprint density at radius 2 is 1.86 bits per heavy atom. The Morgan fingerprint density at radius 1 is 1.14 bits per heavy atom. The van der Waals surface area contributed by atoms with Gasteiger partial charge >= 0.3 is 5.82 Å². The molecule has 14 heavy (non-hydrogen) atoms. The van der Waals surface area contributed by atoms with Crippen LogP contribution < -0.4 is 5.82 Å². The summed E-state index contributed by atoms with van der Waals surface area (Å²) in [5.74, 6) is -0.663. The van der Waals surface area contributed by atoms with E-state index in [-0.39, 0.29) is 0 Å². The summed E-state index contributed by atoms with van der Waals surface area (Å²) < 4.78 is 9.69. The second-order valence-corrected chi connectivity index (χ2v) is 3.29. The van der Waals surface area contributed by atoms with Crippen LogP contribution in [0.4, 0.5) is 0 Å². The zero-order valence-corrected chi connectivity index (χ0v) is 7.46. The lowest BCUT2D eigenvalue weighted by atomic mass is 10.2. The van der Waals surface area contributed by atoms with E-state index in [1.165, 1.54) is 0 Å². The standard InChI is InChI=1S/C10H7NO3/c1-5-2-6-3-8-9(4-7(6)11-5)14-10(12)13-8/h2-4,11H,1H3. The van der Waals surface area contributed by atoms with Crippen molar-refractivity contribution in [3.8, 4) is 0 Å². The maximum atomic E-state index is 10.8. The van der Waals surface area contributed by atoms with Crippen LogP contribution in [0.3, 0.4) is 0 Å². The average Bonchev–Trinajstić information content (AvgIpc) is 2.59. The van der Waals surface area contributed by atoms with Gasteiger partial charge in [-0.25, -0.2) is 4.79 Å². The van der Waals surface area contributed by atoms with Gasteiger partial charge in [0, 0.05) is 22.7 Å². The van der Waals surface area contributed by atoms with Crippen LogP contribution >= 0.6 is 0 Å². The number of aromatic amines is 1. The van der Waals surface area contributed by atoms with Crippen molar-refractivity contribution in [2.45, 2.75) is 6.92 Å². The predicted octanol–water partition coefficient (Wildman–Crippen LogP) is 2.18. The van der Waals surface area contributed by atoms with Gasteiger partial charge in [-0.15, -0.1) is 0 Å². The summed E-state index contributed by atoms with van der Waals surface area (Å²) in [4.78, 5) is 14.0. The number of rotatable bonds is 0. The molecular formula is C10H7NO3. The number of nitrogens with one attached hydrogen (secondary N) is 1. The largest absolute Gasteiger partial charge is 0.519 e. The van der Waals surface area contributed by atoms with Crippen LogP contribution in [-0.4, -0.2) is 4.98 Å². The summed E-state index contributed by atoms with van der Waals surface area (Å²) >= 11 is 0. The summed E-state index contributed by atoms with van der Waals surface area (Å²) in [5.41, 5.74) is 2.97. The average molecular weight is 189 g/mol. The lowest BCUT2D eigenvalue weighted by molar-refractivity contribution is 0.409. The maximum absolute atomic E-state index is 10.8.